The summed E-state index contributed by atoms with van der Waals surface area (Å²) >= 11 is 0. The molecule has 6 heteroatoms. The molecule has 0 aliphatic heterocycles. The van der Waals surface area contributed by atoms with Crippen LogP contribution in [0, 0.1) is 12.7 Å². The van der Waals surface area contributed by atoms with Crippen LogP contribution in [0.25, 0.3) is 5.82 Å². The molecule has 0 aliphatic carbocycles. The van der Waals surface area contributed by atoms with Gasteiger partial charge in [0.2, 0.25) is 5.95 Å². The van der Waals surface area contributed by atoms with Crippen LogP contribution in [0.1, 0.15) is 5.56 Å². The van der Waals surface area contributed by atoms with E-state index in [1.807, 2.05) is 6.92 Å². The van der Waals surface area contributed by atoms with Crippen LogP contribution in [0.5, 0.6) is 0 Å². The molecule has 0 spiro atoms. The number of hydrogen-bond donors (Lipinski definition) is 1. The summed E-state index contributed by atoms with van der Waals surface area (Å²) in [6.07, 6.45) is 4.45. The fourth-order valence-corrected chi connectivity index (χ4v) is 1.17. The first-order valence-corrected chi connectivity index (χ1v) is 4.42. The number of aryl methyl sites for hydroxylation is 1. The smallest absolute Gasteiger partial charge is 0.224 e. The predicted octanol–water partition coefficient (Wildman–Crippen LogP) is 1.15. The maximum absolute atomic E-state index is 13.4. The quantitative estimate of drug-likeness (QED) is 0.802. The van der Waals surface area contributed by atoms with E-state index >= 15 is 0 Å². The minimum absolute atomic E-state index is 0.141. The van der Waals surface area contributed by atoms with E-state index < -0.39 is 5.82 Å². The Labute approximate surface area is 86.0 Å². The minimum atomic E-state index is -0.503. The fourth-order valence-electron chi connectivity index (χ4n) is 1.17. The van der Waals surface area contributed by atoms with Gasteiger partial charge in [-0.3, -0.25) is 0 Å². The van der Waals surface area contributed by atoms with Gasteiger partial charge in [-0.1, -0.05) is 0 Å². The van der Waals surface area contributed by atoms with E-state index in [0.717, 1.165) is 11.8 Å². The Hall–Kier alpha value is -1.98. The van der Waals surface area contributed by atoms with Crippen LogP contribution in [0.4, 0.5) is 10.3 Å². The Morgan fingerprint density at radius 1 is 1.40 bits per heavy atom. The number of halogens is 1. The van der Waals surface area contributed by atoms with Gasteiger partial charge in [0, 0.05) is 13.2 Å². The monoisotopic (exact) mass is 207 g/mol. The van der Waals surface area contributed by atoms with Crippen LogP contribution in [0.3, 0.4) is 0 Å². The van der Waals surface area contributed by atoms with Crippen LogP contribution in [0.15, 0.2) is 18.6 Å². The lowest BCUT2D eigenvalue weighted by Crippen LogP contribution is -2.06. The lowest BCUT2D eigenvalue weighted by atomic mass is 10.4. The molecule has 0 aromatic carbocycles. The Balaban J connectivity index is 2.51. The zero-order chi connectivity index (χ0) is 10.8. The molecule has 2 aromatic rings. The minimum Gasteiger partial charge on any atom is -0.357 e. The summed E-state index contributed by atoms with van der Waals surface area (Å²) in [5.74, 6) is -0.000830. The molecule has 0 atom stereocenters. The molecule has 0 unspecified atom stereocenters. The van der Waals surface area contributed by atoms with Crippen LogP contribution in [-0.4, -0.2) is 26.8 Å². The molecule has 1 N–H and O–H groups in total. The van der Waals surface area contributed by atoms with Crippen LogP contribution in [-0.2, 0) is 0 Å². The van der Waals surface area contributed by atoms with Crippen molar-refractivity contribution in [1.82, 2.24) is 19.7 Å². The van der Waals surface area contributed by atoms with Gasteiger partial charge in [-0.05, 0) is 12.5 Å². The van der Waals surface area contributed by atoms with Gasteiger partial charge in [0.15, 0.2) is 11.6 Å². The summed E-state index contributed by atoms with van der Waals surface area (Å²) in [6.45, 7) is 1.88. The first-order valence-electron chi connectivity index (χ1n) is 4.42. The predicted molar refractivity (Wildman–Crippen MR) is 53.4 cm³/mol. The summed E-state index contributed by atoms with van der Waals surface area (Å²) in [7, 11) is 1.67. The van der Waals surface area contributed by atoms with Crippen molar-refractivity contribution in [3.05, 3.63) is 30.0 Å². The van der Waals surface area contributed by atoms with Crippen molar-refractivity contribution < 1.29 is 4.39 Å². The van der Waals surface area contributed by atoms with E-state index in [9.17, 15) is 4.39 Å². The highest BCUT2D eigenvalue weighted by atomic mass is 19.1. The lowest BCUT2D eigenvalue weighted by Gasteiger charge is -2.03. The van der Waals surface area contributed by atoms with Crippen molar-refractivity contribution in [2.45, 2.75) is 6.92 Å². The van der Waals surface area contributed by atoms with Gasteiger partial charge in [0.1, 0.15) is 0 Å². The first-order chi connectivity index (χ1) is 7.20. The molecule has 15 heavy (non-hydrogen) atoms. The number of aromatic nitrogens is 4. The average Bonchev–Trinajstić information content (AvgIpc) is 2.65. The maximum atomic E-state index is 13.4. The molecule has 2 rings (SSSR count). The molecule has 5 nitrogen and oxygen atoms in total. The number of nitrogens with one attached hydrogen (secondary N) is 1. The standard InChI is InChI=1S/C9H10FN5/c1-6-3-13-15(5-6)8-7(10)4-12-9(11-2)14-8/h3-5H,1-2H3,(H,11,12,14). The molecule has 0 radical (unpaired) electrons. The van der Waals surface area contributed by atoms with E-state index in [0.29, 0.717) is 5.95 Å². The van der Waals surface area contributed by atoms with Gasteiger partial charge in [-0.2, -0.15) is 10.1 Å². The third kappa shape index (κ3) is 1.78. The molecule has 78 valence electrons. The second-order valence-corrected chi connectivity index (χ2v) is 3.08. The highest BCUT2D eigenvalue weighted by Crippen LogP contribution is 2.11. The second-order valence-electron chi connectivity index (χ2n) is 3.08. The van der Waals surface area contributed by atoms with Crippen LogP contribution in [0.2, 0.25) is 0 Å². The van der Waals surface area contributed by atoms with E-state index in [1.165, 1.54) is 4.68 Å². The van der Waals surface area contributed by atoms with Crippen LogP contribution < -0.4 is 5.32 Å². The number of nitrogens with zero attached hydrogens (tertiary/aromatic N) is 4. The van der Waals surface area contributed by atoms with Gasteiger partial charge >= 0.3 is 0 Å². The molecule has 0 saturated heterocycles. The molecule has 0 fully saturated rings. The SMILES string of the molecule is CNc1ncc(F)c(-n2cc(C)cn2)n1. The van der Waals surface area contributed by atoms with E-state index in [1.54, 1.807) is 19.4 Å². The highest BCUT2D eigenvalue weighted by molar-refractivity contribution is 5.32. The van der Waals surface area contributed by atoms with Gasteiger partial charge in [-0.15, -0.1) is 0 Å². The maximum Gasteiger partial charge on any atom is 0.224 e. The van der Waals surface area contributed by atoms with Crippen molar-refractivity contribution in [2.75, 3.05) is 12.4 Å². The Morgan fingerprint density at radius 3 is 2.80 bits per heavy atom. The van der Waals surface area contributed by atoms with Crippen molar-refractivity contribution in [3.63, 3.8) is 0 Å². The van der Waals surface area contributed by atoms with Crippen LogP contribution >= 0.6 is 0 Å². The molecular weight excluding hydrogens is 197 g/mol. The fraction of sp³-hybridized carbons (Fsp3) is 0.222. The average molecular weight is 207 g/mol. The Morgan fingerprint density at radius 2 is 2.20 bits per heavy atom. The number of rotatable bonds is 2. The molecule has 0 saturated carbocycles. The van der Waals surface area contributed by atoms with Crippen molar-refractivity contribution >= 4 is 5.95 Å². The van der Waals surface area contributed by atoms with Gasteiger partial charge < -0.3 is 5.32 Å². The normalized spacial score (nSPS) is 10.3. The lowest BCUT2D eigenvalue weighted by molar-refractivity contribution is 0.593. The number of anilines is 1. The summed E-state index contributed by atoms with van der Waals surface area (Å²) in [6, 6.07) is 0. The third-order valence-electron chi connectivity index (χ3n) is 1.88. The second kappa shape index (κ2) is 3.64. The van der Waals surface area contributed by atoms with Crippen molar-refractivity contribution in [1.29, 1.82) is 0 Å². The summed E-state index contributed by atoms with van der Waals surface area (Å²) < 4.78 is 14.8. The molecular formula is C9H10FN5. The third-order valence-corrected chi connectivity index (χ3v) is 1.88. The molecule has 2 heterocycles. The zero-order valence-electron chi connectivity index (χ0n) is 8.40. The van der Waals surface area contributed by atoms with Gasteiger partial charge in [0.05, 0.1) is 12.4 Å². The Bertz CT molecular complexity index is 479. The van der Waals surface area contributed by atoms with Crippen molar-refractivity contribution in [3.8, 4) is 5.82 Å². The van der Waals surface area contributed by atoms with Crippen molar-refractivity contribution in [2.24, 2.45) is 0 Å². The Kier molecular flexibility index (Phi) is 2.32. The number of hydrogen-bond acceptors (Lipinski definition) is 4. The van der Waals surface area contributed by atoms with Gasteiger partial charge in [0.25, 0.3) is 0 Å². The molecule has 0 amide bonds. The topological polar surface area (TPSA) is 55.6 Å². The summed E-state index contributed by atoms with van der Waals surface area (Å²) in [5.41, 5.74) is 0.944. The van der Waals surface area contributed by atoms with Gasteiger partial charge in [-0.25, -0.2) is 14.1 Å². The largest absolute Gasteiger partial charge is 0.357 e. The van der Waals surface area contributed by atoms with E-state index in [-0.39, 0.29) is 5.82 Å². The molecule has 0 aliphatic rings. The molecule has 0 bridgehead atoms. The summed E-state index contributed by atoms with van der Waals surface area (Å²) in [4.78, 5) is 7.73. The van der Waals surface area contributed by atoms with E-state index in [4.69, 9.17) is 0 Å². The zero-order valence-corrected chi connectivity index (χ0v) is 8.40. The molecule has 2 aromatic heterocycles. The first kappa shape index (κ1) is 9.57. The van der Waals surface area contributed by atoms with E-state index in [2.05, 4.69) is 20.4 Å². The summed E-state index contributed by atoms with van der Waals surface area (Å²) in [5, 5.41) is 6.72. The highest BCUT2D eigenvalue weighted by Gasteiger charge is 2.08.